The van der Waals surface area contributed by atoms with E-state index in [9.17, 15) is 4.79 Å². The SMILES string of the molecule is O=C1CC(Oc2cncc(Cl)c2)C12CCCC2. The number of halogens is 1. The molecule has 3 nitrogen and oxygen atoms in total. The average Bonchev–Trinajstić information content (AvgIpc) is 2.80. The van der Waals surface area contributed by atoms with E-state index in [1.807, 2.05) is 0 Å². The normalized spacial score (nSPS) is 25.9. The molecule has 2 aliphatic rings. The minimum atomic E-state index is -0.192. The molecule has 0 N–H and O–H groups in total. The Bertz CT molecular complexity index is 454. The molecule has 4 heteroatoms. The van der Waals surface area contributed by atoms with Crippen molar-refractivity contribution < 1.29 is 9.53 Å². The van der Waals surface area contributed by atoms with Crippen molar-refractivity contribution >= 4 is 17.4 Å². The van der Waals surface area contributed by atoms with Crippen LogP contribution in [0.3, 0.4) is 0 Å². The van der Waals surface area contributed by atoms with Gasteiger partial charge in [-0.2, -0.15) is 0 Å². The molecule has 0 amide bonds. The van der Waals surface area contributed by atoms with Gasteiger partial charge in [-0.1, -0.05) is 24.4 Å². The Morgan fingerprint density at radius 2 is 2.12 bits per heavy atom. The van der Waals surface area contributed by atoms with Crippen LogP contribution in [0.2, 0.25) is 5.02 Å². The van der Waals surface area contributed by atoms with Crippen LogP contribution in [-0.2, 0) is 4.79 Å². The first-order chi connectivity index (χ1) is 8.21. The zero-order valence-corrected chi connectivity index (χ0v) is 10.2. The molecular weight excluding hydrogens is 238 g/mol. The van der Waals surface area contributed by atoms with Crippen LogP contribution in [0.5, 0.6) is 5.75 Å². The molecule has 1 spiro atoms. The van der Waals surface area contributed by atoms with E-state index in [0.29, 0.717) is 23.0 Å². The minimum Gasteiger partial charge on any atom is -0.487 e. The summed E-state index contributed by atoms with van der Waals surface area (Å²) >= 11 is 5.86. The Morgan fingerprint density at radius 1 is 1.35 bits per heavy atom. The number of Topliss-reactive ketones (excluding diaryl/α,β-unsaturated/α-hetero) is 1. The van der Waals surface area contributed by atoms with E-state index >= 15 is 0 Å². The van der Waals surface area contributed by atoms with E-state index in [0.717, 1.165) is 25.7 Å². The van der Waals surface area contributed by atoms with E-state index in [2.05, 4.69) is 4.98 Å². The smallest absolute Gasteiger partial charge is 0.146 e. The monoisotopic (exact) mass is 251 g/mol. The third-order valence-corrected chi connectivity index (χ3v) is 4.20. The molecule has 1 aromatic rings. The molecular formula is C13H14ClNO2. The largest absolute Gasteiger partial charge is 0.487 e. The summed E-state index contributed by atoms with van der Waals surface area (Å²) in [5, 5.41) is 0.564. The van der Waals surface area contributed by atoms with Crippen molar-refractivity contribution in [2.45, 2.75) is 38.2 Å². The topological polar surface area (TPSA) is 39.2 Å². The summed E-state index contributed by atoms with van der Waals surface area (Å²) in [6, 6.07) is 1.75. The number of pyridine rings is 1. The molecule has 0 aliphatic heterocycles. The number of ketones is 1. The van der Waals surface area contributed by atoms with Crippen LogP contribution in [0.25, 0.3) is 0 Å². The fourth-order valence-electron chi connectivity index (χ4n) is 3.00. The number of hydrogen-bond donors (Lipinski definition) is 0. The van der Waals surface area contributed by atoms with Gasteiger partial charge in [0.1, 0.15) is 17.6 Å². The van der Waals surface area contributed by atoms with Crippen molar-refractivity contribution in [2.75, 3.05) is 0 Å². The Balaban J connectivity index is 1.76. The van der Waals surface area contributed by atoms with Gasteiger partial charge in [0.2, 0.25) is 0 Å². The summed E-state index contributed by atoms with van der Waals surface area (Å²) in [6.45, 7) is 0. The summed E-state index contributed by atoms with van der Waals surface area (Å²) in [5.74, 6) is 1.04. The summed E-state index contributed by atoms with van der Waals surface area (Å²) < 4.78 is 5.87. The molecule has 3 rings (SSSR count). The van der Waals surface area contributed by atoms with Crippen LogP contribution in [0.1, 0.15) is 32.1 Å². The van der Waals surface area contributed by atoms with E-state index in [4.69, 9.17) is 16.3 Å². The van der Waals surface area contributed by atoms with Gasteiger partial charge in [-0.25, -0.2) is 0 Å². The van der Waals surface area contributed by atoms with Crippen LogP contribution in [0.4, 0.5) is 0 Å². The third kappa shape index (κ3) is 1.73. The number of rotatable bonds is 2. The summed E-state index contributed by atoms with van der Waals surface area (Å²) in [4.78, 5) is 15.8. The lowest BCUT2D eigenvalue weighted by atomic mass is 9.63. The number of carbonyl (C=O) groups is 1. The van der Waals surface area contributed by atoms with Gasteiger partial charge in [0.25, 0.3) is 0 Å². The molecule has 1 atom stereocenters. The van der Waals surface area contributed by atoms with Crippen molar-refractivity contribution in [3.05, 3.63) is 23.5 Å². The molecule has 0 bridgehead atoms. The second kappa shape index (κ2) is 3.98. The maximum Gasteiger partial charge on any atom is 0.146 e. The lowest BCUT2D eigenvalue weighted by Gasteiger charge is -2.44. The van der Waals surface area contributed by atoms with Crippen molar-refractivity contribution in [1.82, 2.24) is 4.98 Å². The Hall–Kier alpha value is -1.09. The van der Waals surface area contributed by atoms with Gasteiger partial charge >= 0.3 is 0 Å². The molecule has 0 aromatic carbocycles. The summed E-state index contributed by atoms with van der Waals surface area (Å²) in [7, 11) is 0. The van der Waals surface area contributed by atoms with Gasteiger partial charge in [0, 0.05) is 18.7 Å². The molecule has 17 heavy (non-hydrogen) atoms. The number of ether oxygens (including phenoxy) is 1. The van der Waals surface area contributed by atoms with Crippen LogP contribution < -0.4 is 4.74 Å². The number of hydrogen-bond acceptors (Lipinski definition) is 3. The summed E-state index contributed by atoms with van der Waals surface area (Å²) in [5.41, 5.74) is -0.192. The summed E-state index contributed by atoms with van der Waals surface area (Å²) in [6.07, 6.45) is 8.02. The maximum atomic E-state index is 11.8. The molecule has 2 aliphatic carbocycles. The van der Waals surface area contributed by atoms with Gasteiger partial charge in [-0.3, -0.25) is 9.78 Å². The predicted molar refractivity (Wildman–Crippen MR) is 64.2 cm³/mol. The minimum absolute atomic E-state index is 0.0257. The van der Waals surface area contributed by atoms with Gasteiger partial charge < -0.3 is 4.74 Å². The van der Waals surface area contributed by atoms with Crippen LogP contribution in [0, 0.1) is 5.41 Å². The Morgan fingerprint density at radius 3 is 2.76 bits per heavy atom. The van der Waals surface area contributed by atoms with Crippen molar-refractivity contribution in [3.8, 4) is 5.75 Å². The second-order valence-electron chi connectivity index (χ2n) is 4.94. The molecule has 0 radical (unpaired) electrons. The van der Waals surface area contributed by atoms with E-state index < -0.39 is 0 Å². The molecule has 90 valence electrons. The van der Waals surface area contributed by atoms with Gasteiger partial charge in [0.05, 0.1) is 16.6 Å². The van der Waals surface area contributed by atoms with Crippen molar-refractivity contribution in [2.24, 2.45) is 5.41 Å². The van der Waals surface area contributed by atoms with Gasteiger partial charge in [-0.15, -0.1) is 0 Å². The van der Waals surface area contributed by atoms with E-state index in [1.54, 1.807) is 18.5 Å². The molecule has 0 saturated heterocycles. The lowest BCUT2D eigenvalue weighted by Crippen LogP contribution is -2.55. The first kappa shape index (κ1) is 11.0. The quantitative estimate of drug-likeness (QED) is 0.811. The Labute approximate surface area is 105 Å². The predicted octanol–water partition coefficient (Wildman–Crippen LogP) is 3.02. The van der Waals surface area contributed by atoms with Crippen molar-refractivity contribution in [3.63, 3.8) is 0 Å². The maximum absolute atomic E-state index is 11.8. The highest BCUT2D eigenvalue weighted by Crippen LogP contribution is 2.51. The standard InChI is InChI=1S/C13H14ClNO2/c14-9-5-10(8-15-7-9)17-12-6-11(16)13(12)3-1-2-4-13/h5,7-8,12H,1-4,6H2. The molecule has 1 unspecified atom stereocenters. The molecule has 2 fully saturated rings. The van der Waals surface area contributed by atoms with Crippen molar-refractivity contribution in [1.29, 1.82) is 0 Å². The average molecular weight is 252 g/mol. The van der Waals surface area contributed by atoms with Gasteiger partial charge in [-0.05, 0) is 12.8 Å². The zero-order chi connectivity index (χ0) is 11.9. The van der Waals surface area contributed by atoms with E-state index in [-0.39, 0.29) is 11.5 Å². The lowest BCUT2D eigenvalue weighted by molar-refractivity contribution is -0.151. The van der Waals surface area contributed by atoms with Crippen LogP contribution >= 0.6 is 11.6 Å². The fraction of sp³-hybridized carbons (Fsp3) is 0.538. The number of nitrogens with zero attached hydrogens (tertiary/aromatic N) is 1. The van der Waals surface area contributed by atoms with Crippen LogP contribution in [-0.4, -0.2) is 16.9 Å². The highest BCUT2D eigenvalue weighted by molar-refractivity contribution is 6.30. The first-order valence-corrected chi connectivity index (χ1v) is 6.39. The second-order valence-corrected chi connectivity index (χ2v) is 5.37. The molecule has 2 saturated carbocycles. The fourth-order valence-corrected chi connectivity index (χ4v) is 3.16. The Kier molecular flexibility index (Phi) is 2.58. The van der Waals surface area contributed by atoms with Gasteiger partial charge in [0.15, 0.2) is 0 Å². The van der Waals surface area contributed by atoms with Crippen LogP contribution in [0.15, 0.2) is 18.5 Å². The first-order valence-electron chi connectivity index (χ1n) is 6.01. The zero-order valence-electron chi connectivity index (χ0n) is 9.49. The number of carbonyl (C=O) groups excluding carboxylic acids is 1. The number of aromatic nitrogens is 1. The molecule has 1 aromatic heterocycles. The highest BCUT2D eigenvalue weighted by atomic mass is 35.5. The van der Waals surface area contributed by atoms with E-state index in [1.165, 1.54) is 0 Å². The molecule has 1 heterocycles. The third-order valence-electron chi connectivity index (χ3n) is 4.00. The highest BCUT2D eigenvalue weighted by Gasteiger charge is 2.57.